The van der Waals surface area contributed by atoms with Gasteiger partial charge in [-0.05, 0) is 57.6 Å². The van der Waals surface area contributed by atoms with Crippen molar-refractivity contribution >= 4 is 22.8 Å². The van der Waals surface area contributed by atoms with Gasteiger partial charge in [0.25, 0.3) is 0 Å². The van der Waals surface area contributed by atoms with Crippen LogP contribution in [0.15, 0.2) is 30.3 Å². The van der Waals surface area contributed by atoms with E-state index in [0.717, 1.165) is 66.8 Å². The Morgan fingerprint density at radius 1 is 1.06 bits per heavy atom. The smallest absolute Gasteiger partial charge is 0.223 e. The number of carbonyl (C=O) groups excluding carboxylic acids is 1. The van der Waals surface area contributed by atoms with Gasteiger partial charge in [0, 0.05) is 25.1 Å². The molecule has 8 nitrogen and oxygen atoms in total. The molecule has 0 unspecified atom stereocenters. The minimum absolute atomic E-state index is 0.243. The predicted octanol–water partition coefficient (Wildman–Crippen LogP) is 3.52. The largest absolute Gasteiger partial charge is 0.377 e. The lowest BCUT2D eigenvalue weighted by Crippen LogP contribution is -2.40. The quantitative estimate of drug-likeness (QED) is 0.591. The lowest BCUT2D eigenvalue weighted by atomic mass is 9.91. The number of methoxy groups -OCH3 is 1. The Kier molecular flexibility index (Phi) is 5.78. The van der Waals surface area contributed by atoms with Crippen LogP contribution < -0.4 is 10.6 Å². The monoisotopic (exact) mass is 434 g/mol. The summed E-state index contributed by atoms with van der Waals surface area (Å²) in [5.74, 6) is 1.95. The van der Waals surface area contributed by atoms with Gasteiger partial charge in [0.1, 0.15) is 12.4 Å². The van der Waals surface area contributed by atoms with Crippen LogP contribution in [0.3, 0.4) is 0 Å². The van der Waals surface area contributed by atoms with Gasteiger partial charge in [0.15, 0.2) is 11.5 Å². The van der Waals surface area contributed by atoms with E-state index < -0.39 is 0 Å². The third-order valence-corrected chi connectivity index (χ3v) is 6.39. The first kappa shape index (κ1) is 20.9. The third-order valence-electron chi connectivity index (χ3n) is 6.39. The van der Waals surface area contributed by atoms with Crippen molar-refractivity contribution in [2.45, 2.75) is 64.1 Å². The van der Waals surface area contributed by atoms with Gasteiger partial charge in [-0.25, -0.2) is 14.6 Å². The standard InChI is InChI=1S/C24H30N6O2/c1-15-21-22(25-17-10-12-18(13-11-17)26-24(31)16-8-9-16)27-20(14-32-2)28-23(21)30(29-15)19-6-4-3-5-7-19/h3-7,16-18H,8-14H2,1-2H3,(H,26,31)(H,25,27,28). The minimum atomic E-state index is 0.243. The Bertz CT molecular complexity index is 1100. The fraction of sp³-hybridized carbons (Fsp3) is 0.500. The highest BCUT2D eigenvalue weighted by atomic mass is 16.5. The zero-order valence-corrected chi connectivity index (χ0v) is 18.7. The van der Waals surface area contributed by atoms with Crippen molar-refractivity contribution in [3.05, 3.63) is 41.9 Å². The molecule has 168 valence electrons. The van der Waals surface area contributed by atoms with E-state index in [4.69, 9.17) is 19.8 Å². The first-order valence-electron chi connectivity index (χ1n) is 11.5. The van der Waals surface area contributed by atoms with E-state index >= 15 is 0 Å². The number of amides is 1. The van der Waals surface area contributed by atoms with Gasteiger partial charge in [0.05, 0.1) is 16.8 Å². The van der Waals surface area contributed by atoms with Gasteiger partial charge in [-0.3, -0.25) is 4.79 Å². The zero-order valence-electron chi connectivity index (χ0n) is 18.7. The maximum Gasteiger partial charge on any atom is 0.223 e. The summed E-state index contributed by atoms with van der Waals surface area (Å²) in [6.07, 6.45) is 6.05. The molecule has 1 amide bonds. The lowest BCUT2D eigenvalue weighted by Gasteiger charge is -2.30. The maximum atomic E-state index is 12.1. The molecule has 0 atom stereocenters. The van der Waals surface area contributed by atoms with Crippen LogP contribution >= 0.6 is 0 Å². The van der Waals surface area contributed by atoms with Crippen molar-refractivity contribution in [3.8, 4) is 5.69 Å². The van der Waals surface area contributed by atoms with Crippen molar-refractivity contribution in [1.82, 2.24) is 25.1 Å². The Labute approximate surface area is 187 Å². The molecule has 0 bridgehead atoms. The van der Waals surface area contributed by atoms with E-state index in [1.165, 1.54) is 0 Å². The molecule has 32 heavy (non-hydrogen) atoms. The number of carbonyl (C=O) groups is 1. The average Bonchev–Trinajstić information content (AvgIpc) is 3.60. The molecule has 2 aliphatic carbocycles. The molecule has 2 fully saturated rings. The molecular weight excluding hydrogens is 404 g/mol. The van der Waals surface area contributed by atoms with Gasteiger partial charge < -0.3 is 15.4 Å². The normalized spacial score (nSPS) is 20.9. The number of rotatable bonds is 7. The summed E-state index contributed by atoms with van der Waals surface area (Å²) in [7, 11) is 1.65. The number of para-hydroxylation sites is 1. The fourth-order valence-electron chi connectivity index (χ4n) is 4.52. The van der Waals surface area contributed by atoms with Crippen molar-refractivity contribution < 1.29 is 9.53 Å². The molecule has 3 aromatic rings. The molecule has 1 aromatic carbocycles. The summed E-state index contributed by atoms with van der Waals surface area (Å²) in [6.45, 7) is 2.33. The Hall–Kier alpha value is -3.00. The second kappa shape index (κ2) is 8.86. The van der Waals surface area contributed by atoms with Crippen LogP contribution in [0.4, 0.5) is 5.82 Å². The average molecular weight is 435 g/mol. The number of aryl methyl sites for hydroxylation is 1. The van der Waals surface area contributed by atoms with Crippen LogP contribution in [0.5, 0.6) is 0 Å². The van der Waals surface area contributed by atoms with Crippen LogP contribution in [0, 0.1) is 12.8 Å². The molecule has 5 rings (SSSR count). The van der Waals surface area contributed by atoms with Crippen molar-refractivity contribution in [2.75, 3.05) is 12.4 Å². The zero-order chi connectivity index (χ0) is 22.1. The van der Waals surface area contributed by atoms with Crippen molar-refractivity contribution in [2.24, 2.45) is 5.92 Å². The van der Waals surface area contributed by atoms with E-state index in [-0.39, 0.29) is 17.9 Å². The summed E-state index contributed by atoms with van der Waals surface area (Å²) in [4.78, 5) is 21.6. The highest BCUT2D eigenvalue weighted by Gasteiger charge is 2.32. The molecule has 0 aliphatic heterocycles. The number of hydrogen-bond donors (Lipinski definition) is 2. The second-order valence-electron chi connectivity index (χ2n) is 8.93. The molecule has 0 radical (unpaired) electrons. The lowest BCUT2D eigenvalue weighted by molar-refractivity contribution is -0.123. The van der Waals surface area contributed by atoms with Crippen LogP contribution in [0.25, 0.3) is 16.7 Å². The number of fused-ring (bicyclic) bond motifs is 1. The van der Waals surface area contributed by atoms with E-state index in [1.807, 2.05) is 41.9 Å². The second-order valence-corrected chi connectivity index (χ2v) is 8.93. The van der Waals surface area contributed by atoms with Gasteiger partial charge in [-0.1, -0.05) is 18.2 Å². The number of hydrogen-bond acceptors (Lipinski definition) is 6. The summed E-state index contributed by atoms with van der Waals surface area (Å²) in [5, 5.41) is 12.6. The number of benzene rings is 1. The molecule has 8 heteroatoms. The van der Waals surface area contributed by atoms with Gasteiger partial charge in [-0.2, -0.15) is 5.10 Å². The van der Waals surface area contributed by atoms with Gasteiger partial charge in [-0.15, -0.1) is 0 Å². The summed E-state index contributed by atoms with van der Waals surface area (Å²) >= 11 is 0. The van der Waals surface area contributed by atoms with E-state index in [0.29, 0.717) is 18.5 Å². The number of nitrogens with zero attached hydrogens (tertiary/aromatic N) is 4. The van der Waals surface area contributed by atoms with E-state index in [2.05, 4.69) is 10.6 Å². The maximum absolute atomic E-state index is 12.1. The van der Waals surface area contributed by atoms with Crippen LogP contribution in [0.2, 0.25) is 0 Å². The van der Waals surface area contributed by atoms with E-state index in [9.17, 15) is 4.79 Å². The number of ether oxygens (including phenoxy) is 1. The summed E-state index contributed by atoms with van der Waals surface area (Å²) in [5.41, 5.74) is 2.63. The molecule has 0 spiro atoms. The molecule has 2 heterocycles. The molecule has 0 saturated heterocycles. The van der Waals surface area contributed by atoms with Crippen molar-refractivity contribution in [3.63, 3.8) is 0 Å². The molecule has 2 aliphatic rings. The van der Waals surface area contributed by atoms with E-state index in [1.54, 1.807) is 7.11 Å². The highest BCUT2D eigenvalue weighted by molar-refractivity contribution is 5.90. The van der Waals surface area contributed by atoms with Gasteiger partial charge >= 0.3 is 0 Å². The molecule has 2 saturated carbocycles. The Morgan fingerprint density at radius 2 is 1.78 bits per heavy atom. The highest BCUT2D eigenvalue weighted by Crippen LogP contribution is 2.31. The number of aromatic nitrogens is 4. The number of anilines is 1. The fourth-order valence-corrected chi connectivity index (χ4v) is 4.52. The number of nitrogens with one attached hydrogen (secondary N) is 2. The molecule has 2 N–H and O–H groups in total. The van der Waals surface area contributed by atoms with Crippen LogP contribution in [-0.2, 0) is 16.1 Å². The third kappa shape index (κ3) is 4.32. The SMILES string of the molecule is COCc1nc(NC2CCC(NC(=O)C3CC3)CC2)c2c(C)nn(-c3ccccc3)c2n1. The molecule has 2 aromatic heterocycles. The predicted molar refractivity (Wildman–Crippen MR) is 123 cm³/mol. The first-order chi connectivity index (χ1) is 15.6. The Balaban J connectivity index is 1.38. The van der Waals surface area contributed by atoms with Crippen molar-refractivity contribution in [1.29, 1.82) is 0 Å². The Morgan fingerprint density at radius 3 is 2.47 bits per heavy atom. The van der Waals surface area contributed by atoms with Crippen LogP contribution in [0.1, 0.15) is 50.0 Å². The summed E-state index contributed by atoms with van der Waals surface area (Å²) < 4.78 is 7.20. The minimum Gasteiger partial charge on any atom is -0.377 e. The van der Waals surface area contributed by atoms with Crippen LogP contribution in [-0.4, -0.2) is 44.8 Å². The molecular formula is C24H30N6O2. The van der Waals surface area contributed by atoms with Gasteiger partial charge in [0.2, 0.25) is 5.91 Å². The summed E-state index contributed by atoms with van der Waals surface area (Å²) in [6, 6.07) is 10.6. The first-order valence-corrected chi connectivity index (χ1v) is 11.5. The topological polar surface area (TPSA) is 94.0 Å².